The molecule has 4 nitrogen and oxygen atoms in total. The Balaban J connectivity index is 1.04. The number of para-hydroxylation sites is 2. The van der Waals surface area contributed by atoms with E-state index < -0.39 is 0 Å². The monoisotopic (exact) mass is 957 g/mol. The van der Waals surface area contributed by atoms with Gasteiger partial charge in [-0.2, -0.15) is 0 Å². The standard InChI is InChI=1S/C69H72N4/c1-3-5-7-9-11-26-42-69(43-27-12-10-8-6-4-2)60-35-21-16-30-54(60)55-41-40-50(46-61(55)69)62-48-63(71-68(70-62)49-28-14-13-15-29-49)51-44-52(72-64-36-22-17-31-56(64)57-32-18-23-37-65(57)72)47-53(45-51)73-66-38-24-19-33-58(66)59-34-20-25-39-67(59)73/h13-20,22,24,28-34,36,38,40-41,44-48H,3-12,21,23,25-27,35,37,39,42-43H2,1-2H3. The maximum atomic E-state index is 5.58. The Morgan fingerprint density at radius 1 is 0.466 bits per heavy atom. The van der Waals surface area contributed by atoms with Gasteiger partial charge in [-0.3, -0.25) is 0 Å². The molecule has 0 amide bonds. The van der Waals surface area contributed by atoms with Crippen LogP contribution in [0.2, 0.25) is 0 Å². The molecule has 4 aliphatic carbocycles. The molecule has 5 aromatic carbocycles. The van der Waals surface area contributed by atoms with Gasteiger partial charge in [-0.1, -0.05) is 212 Å². The lowest BCUT2D eigenvalue weighted by atomic mass is 9.68. The van der Waals surface area contributed by atoms with E-state index in [-0.39, 0.29) is 5.41 Å². The van der Waals surface area contributed by atoms with E-state index in [1.54, 1.807) is 11.1 Å². The number of rotatable bonds is 19. The van der Waals surface area contributed by atoms with Crippen molar-refractivity contribution in [3.63, 3.8) is 0 Å². The number of benzene rings is 5. The van der Waals surface area contributed by atoms with E-state index in [1.807, 2.05) is 0 Å². The Morgan fingerprint density at radius 2 is 1.00 bits per heavy atom. The number of fused-ring (bicyclic) bond motifs is 8. The number of hydrogen-bond acceptors (Lipinski definition) is 2. The summed E-state index contributed by atoms with van der Waals surface area (Å²) in [6, 6.07) is 45.6. The molecule has 0 bridgehead atoms. The van der Waals surface area contributed by atoms with Gasteiger partial charge in [0.15, 0.2) is 5.82 Å². The Labute approximate surface area is 434 Å². The number of aromatic nitrogens is 4. The molecule has 0 saturated heterocycles. The van der Waals surface area contributed by atoms with Gasteiger partial charge >= 0.3 is 0 Å². The van der Waals surface area contributed by atoms with Crippen LogP contribution in [0.5, 0.6) is 0 Å². The summed E-state index contributed by atoms with van der Waals surface area (Å²) in [5.74, 6) is 0.759. The second-order valence-electron chi connectivity index (χ2n) is 21.6. The zero-order valence-corrected chi connectivity index (χ0v) is 43.4. The third-order valence-corrected chi connectivity index (χ3v) is 17.0. The molecule has 0 N–H and O–H groups in total. The fourth-order valence-corrected chi connectivity index (χ4v) is 13.4. The molecule has 0 radical (unpaired) electrons. The average molecular weight is 957 g/mol. The summed E-state index contributed by atoms with van der Waals surface area (Å²) in [5, 5.41) is 2.61. The predicted molar refractivity (Wildman–Crippen MR) is 310 cm³/mol. The molecule has 73 heavy (non-hydrogen) atoms. The lowest BCUT2D eigenvalue weighted by Gasteiger charge is -2.36. The molecule has 0 aliphatic heterocycles. The molecule has 3 heterocycles. The van der Waals surface area contributed by atoms with Crippen LogP contribution in [0.15, 0.2) is 151 Å². The zero-order valence-electron chi connectivity index (χ0n) is 43.4. The molecule has 0 fully saturated rings. The smallest absolute Gasteiger partial charge is 0.160 e. The quantitative estimate of drug-likeness (QED) is 0.0757. The largest absolute Gasteiger partial charge is 0.313 e. The van der Waals surface area contributed by atoms with Gasteiger partial charge in [-0.25, -0.2) is 9.97 Å². The fraction of sp³-hybridized carbons (Fsp3) is 0.333. The topological polar surface area (TPSA) is 35.6 Å². The third kappa shape index (κ3) is 8.89. The first-order chi connectivity index (χ1) is 36.1. The summed E-state index contributed by atoms with van der Waals surface area (Å²) in [6.45, 7) is 4.66. The number of hydrogen-bond donors (Lipinski definition) is 0. The molecule has 8 aromatic rings. The summed E-state index contributed by atoms with van der Waals surface area (Å²) in [7, 11) is 0. The van der Waals surface area contributed by atoms with Gasteiger partial charge in [0.25, 0.3) is 0 Å². The first kappa shape index (κ1) is 47.2. The second-order valence-corrected chi connectivity index (χ2v) is 21.6. The van der Waals surface area contributed by atoms with Crippen molar-refractivity contribution in [2.24, 2.45) is 0 Å². The van der Waals surface area contributed by atoms with Crippen LogP contribution < -0.4 is 0 Å². The highest BCUT2D eigenvalue weighted by atomic mass is 15.0. The van der Waals surface area contributed by atoms with E-state index in [1.165, 1.54) is 157 Å². The van der Waals surface area contributed by atoms with Crippen molar-refractivity contribution in [1.82, 2.24) is 19.1 Å². The maximum Gasteiger partial charge on any atom is 0.160 e. The predicted octanol–water partition coefficient (Wildman–Crippen LogP) is 19.1. The molecular formula is C69H72N4. The van der Waals surface area contributed by atoms with Crippen molar-refractivity contribution in [2.45, 2.75) is 148 Å². The Bertz CT molecular complexity index is 3310. The number of unbranched alkanes of at least 4 members (excludes halogenated alkanes) is 10. The highest BCUT2D eigenvalue weighted by Crippen LogP contribution is 2.56. The van der Waals surface area contributed by atoms with Crippen LogP contribution in [0, 0.1) is 0 Å². The molecule has 12 rings (SSSR count). The highest BCUT2D eigenvalue weighted by Gasteiger charge is 2.44. The van der Waals surface area contributed by atoms with Gasteiger partial charge < -0.3 is 9.13 Å². The van der Waals surface area contributed by atoms with Crippen LogP contribution in [0.3, 0.4) is 0 Å². The lowest BCUT2D eigenvalue weighted by molar-refractivity contribution is 0.381. The Morgan fingerprint density at radius 3 is 1.62 bits per heavy atom. The summed E-state index contributed by atoms with van der Waals surface area (Å²) >= 11 is 0. The first-order valence-corrected chi connectivity index (χ1v) is 28.4. The van der Waals surface area contributed by atoms with E-state index in [0.717, 1.165) is 71.8 Å². The van der Waals surface area contributed by atoms with Gasteiger partial charge in [-0.15, -0.1) is 0 Å². The maximum absolute atomic E-state index is 5.58. The van der Waals surface area contributed by atoms with Gasteiger partial charge in [0.2, 0.25) is 0 Å². The van der Waals surface area contributed by atoms with E-state index in [2.05, 4.69) is 181 Å². The van der Waals surface area contributed by atoms with Crippen molar-refractivity contribution in [3.8, 4) is 45.3 Å². The SMILES string of the molecule is CCCCCCCCC1(CCCCCCCC)C2=C(C=CCC2)c2ccc(-c3cc(-c4cc(-n5c6c(c7ccccc75)C=CCC6)cc(-n5c6c(c7ccccc75)C=CCC6)c4)nc(-c4ccccc4)n3)cc21. The Kier molecular flexibility index (Phi) is 13.6. The molecule has 0 saturated carbocycles. The van der Waals surface area contributed by atoms with Crippen LogP contribution in [-0.2, 0) is 18.3 Å². The molecule has 4 heteroatoms. The van der Waals surface area contributed by atoms with Crippen LogP contribution in [-0.4, -0.2) is 19.1 Å². The molecular weight excluding hydrogens is 885 g/mol. The summed E-state index contributed by atoms with van der Waals surface area (Å²) < 4.78 is 5.10. The van der Waals surface area contributed by atoms with Crippen molar-refractivity contribution in [1.29, 1.82) is 0 Å². The first-order valence-electron chi connectivity index (χ1n) is 28.4. The summed E-state index contributed by atoms with van der Waals surface area (Å²) in [6.07, 6.45) is 39.0. The van der Waals surface area contributed by atoms with Crippen molar-refractivity contribution in [2.75, 3.05) is 0 Å². The second kappa shape index (κ2) is 21.0. The van der Waals surface area contributed by atoms with E-state index >= 15 is 0 Å². The zero-order chi connectivity index (χ0) is 49.1. The van der Waals surface area contributed by atoms with E-state index in [9.17, 15) is 0 Å². The normalized spacial score (nSPS) is 15.3. The van der Waals surface area contributed by atoms with Crippen molar-refractivity contribution >= 4 is 39.5 Å². The number of allylic oxidation sites excluding steroid dienone is 6. The van der Waals surface area contributed by atoms with Gasteiger partial charge in [0.1, 0.15) is 0 Å². The van der Waals surface area contributed by atoms with Crippen LogP contribution in [0.25, 0.3) is 84.8 Å². The summed E-state index contributed by atoms with van der Waals surface area (Å²) in [4.78, 5) is 11.1. The molecule has 0 spiro atoms. The fourth-order valence-electron chi connectivity index (χ4n) is 13.4. The molecule has 4 aliphatic rings. The molecule has 368 valence electrons. The van der Waals surface area contributed by atoms with E-state index in [4.69, 9.17) is 9.97 Å². The third-order valence-electron chi connectivity index (χ3n) is 17.0. The van der Waals surface area contributed by atoms with Gasteiger partial charge in [0, 0.05) is 66.8 Å². The summed E-state index contributed by atoms with van der Waals surface area (Å²) in [5.41, 5.74) is 21.7. The van der Waals surface area contributed by atoms with Crippen molar-refractivity contribution in [3.05, 3.63) is 185 Å². The van der Waals surface area contributed by atoms with Gasteiger partial charge in [-0.05, 0) is 111 Å². The minimum Gasteiger partial charge on any atom is -0.313 e. The van der Waals surface area contributed by atoms with Crippen molar-refractivity contribution < 1.29 is 0 Å². The lowest BCUT2D eigenvalue weighted by Crippen LogP contribution is -2.27. The van der Waals surface area contributed by atoms with Crippen LogP contribution in [0.4, 0.5) is 0 Å². The van der Waals surface area contributed by atoms with Gasteiger partial charge in [0.05, 0.1) is 22.4 Å². The highest BCUT2D eigenvalue weighted by molar-refractivity contribution is 5.96. The molecule has 0 unspecified atom stereocenters. The molecule has 0 atom stereocenters. The van der Waals surface area contributed by atoms with Crippen LogP contribution >= 0.6 is 0 Å². The average Bonchev–Trinajstić information content (AvgIpc) is 4.07. The molecule has 3 aromatic heterocycles. The minimum absolute atomic E-state index is 0.0596. The van der Waals surface area contributed by atoms with Crippen LogP contribution in [0.1, 0.15) is 163 Å². The Hall–Kier alpha value is -6.78. The van der Waals surface area contributed by atoms with E-state index in [0.29, 0.717) is 0 Å². The number of nitrogens with zero attached hydrogens (tertiary/aromatic N) is 4. The minimum atomic E-state index is 0.0596.